The standard InChI is InChI=1S/C25H32BrN3O6S/c1-4-6-13-27-25(31)18(3)28(15-19-7-9-20(26)10-8-19)24(30)16-29(36(32,33)5-2)21-11-12-22-23(14-21)35-17-34-22/h7-12,14,18H,4-6,13,15-17H2,1-3H3,(H,27,31). The van der Waals surface area contributed by atoms with Crippen LogP contribution in [0.4, 0.5) is 5.69 Å². The lowest BCUT2D eigenvalue weighted by Crippen LogP contribution is -2.51. The van der Waals surface area contributed by atoms with E-state index in [0.29, 0.717) is 18.0 Å². The third kappa shape index (κ3) is 6.91. The number of amides is 2. The van der Waals surface area contributed by atoms with Crippen LogP contribution < -0.4 is 19.1 Å². The molecular formula is C25H32BrN3O6S. The van der Waals surface area contributed by atoms with Crippen molar-refractivity contribution < 1.29 is 27.5 Å². The molecule has 0 spiro atoms. The second kappa shape index (κ2) is 12.4. The summed E-state index contributed by atoms with van der Waals surface area (Å²) in [5.74, 6) is -0.0680. The fourth-order valence-electron chi connectivity index (χ4n) is 3.67. The zero-order chi connectivity index (χ0) is 26.3. The summed E-state index contributed by atoms with van der Waals surface area (Å²) in [4.78, 5) is 27.9. The van der Waals surface area contributed by atoms with Crippen LogP contribution in [0.1, 0.15) is 39.2 Å². The van der Waals surface area contributed by atoms with E-state index in [9.17, 15) is 18.0 Å². The first kappa shape index (κ1) is 27.8. The number of hydrogen-bond acceptors (Lipinski definition) is 6. The molecule has 2 aromatic rings. The van der Waals surface area contributed by atoms with Crippen LogP contribution in [-0.4, -0.2) is 56.8 Å². The first-order chi connectivity index (χ1) is 17.2. The van der Waals surface area contributed by atoms with Crippen molar-refractivity contribution in [3.05, 3.63) is 52.5 Å². The summed E-state index contributed by atoms with van der Waals surface area (Å²) >= 11 is 3.40. The Morgan fingerprint density at radius 3 is 2.44 bits per heavy atom. The number of carbonyl (C=O) groups excluding carboxylic acids is 2. The highest BCUT2D eigenvalue weighted by atomic mass is 79.9. The fraction of sp³-hybridized carbons (Fsp3) is 0.440. The molecule has 1 heterocycles. The number of nitrogens with one attached hydrogen (secondary N) is 1. The van der Waals surface area contributed by atoms with Gasteiger partial charge < -0.3 is 19.7 Å². The van der Waals surface area contributed by atoms with Gasteiger partial charge in [-0.3, -0.25) is 13.9 Å². The van der Waals surface area contributed by atoms with Gasteiger partial charge in [0.2, 0.25) is 28.6 Å². The Hall–Kier alpha value is -2.79. The summed E-state index contributed by atoms with van der Waals surface area (Å²) in [6, 6.07) is 11.3. The molecule has 2 aromatic carbocycles. The van der Waals surface area contributed by atoms with Crippen molar-refractivity contribution in [3.8, 4) is 11.5 Å². The number of rotatable bonds is 12. The molecule has 36 heavy (non-hydrogen) atoms. The second-order valence-corrected chi connectivity index (χ2v) is 11.5. The van der Waals surface area contributed by atoms with Crippen molar-refractivity contribution in [3.63, 3.8) is 0 Å². The van der Waals surface area contributed by atoms with E-state index in [-0.39, 0.29) is 30.7 Å². The van der Waals surface area contributed by atoms with Gasteiger partial charge in [0.05, 0.1) is 11.4 Å². The molecule has 0 saturated heterocycles. The zero-order valence-corrected chi connectivity index (χ0v) is 23.1. The van der Waals surface area contributed by atoms with Crippen LogP contribution in [0.5, 0.6) is 11.5 Å². The largest absolute Gasteiger partial charge is 0.454 e. The van der Waals surface area contributed by atoms with Gasteiger partial charge in [0.1, 0.15) is 12.6 Å². The highest BCUT2D eigenvalue weighted by Crippen LogP contribution is 2.36. The minimum absolute atomic E-state index is 0.0455. The average Bonchev–Trinajstić information content (AvgIpc) is 3.34. The number of benzene rings is 2. The molecular weight excluding hydrogens is 550 g/mol. The van der Waals surface area contributed by atoms with Gasteiger partial charge in [-0.15, -0.1) is 0 Å². The Morgan fingerprint density at radius 1 is 1.08 bits per heavy atom. The number of carbonyl (C=O) groups is 2. The van der Waals surface area contributed by atoms with Gasteiger partial charge in [-0.2, -0.15) is 0 Å². The Labute approximate surface area is 220 Å². The second-order valence-electron chi connectivity index (χ2n) is 8.41. The van der Waals surface area contributed by atoms with Crippen molar-refractivity contribution >= 4 is 43.5 Å². The number of unbranched alkanes of at least 4 members (excludes halogenated alkanes) is 1. The van der Waals surface area contributed by atoms with E-state index in [0.717, 1.165) is 27.2 Å². The molecule has 1 N–H and O–H groups in total. The summed E-state index contributed by atoms with van der Waals surface area (Å²) in [6.45, 7) is 5.43. The van der Waals surface area contributed by atoms with E-state index in [1.807, 2.05) is 31.2 Å². The van der Waals surface area contributed by atoms with Crippen molar-refractivity contribution in [2.45, 2.75) is 46.2 Å². The summed E-state index contributed by atoms with van der Waals surface area (Å²) < 4.78 is 38.7. The number of fused-ring (bicyclic) bond motifs is 1. The Kier molecular flexibility index (Phi) is 9.61. The molecule has 1 aliphatic rings. The molecule has 0 bridgehead atoms. The highest BCUT2D eigenvalue weighted by Gasteiger charge is 2.31. The van der Waals surface area contributed by atoms with Crippen LogP contribution in [0.15, 0.2) is 46.9 Å². The van der Waals surface area contributed by atoms with Gasteiger partial charge in [0.15, 0.2) is 11.5 Å². The zero-order valence-electron chi connectivity index (χ0n) is 20.7. The van der Waals surface area contributed by atoms with Crippen LogP contribution >= 0.6 is 15.9 Å². The third-order valence-corrected chi connectivity index (χ3v) is 8.16. The van der Waals surface area contributed by atoms with Gasteiger partial charge in [-0.1, -0.05) is 41.4 Å². The summed E-state index contributed by atoms with van der Waals surface area (Å²) in [7, 11) is -3.82. The molecule has 9 nitrogen and oxygen atoms in total. The minimum Gasteiger partial charge on any atom is -0.454 e. The van der Waals surface area contributed by atoms with E-state index in [1.165, 1.54) is 11.8 Å². The maximum Gasteiger partial charge on any atom is 0.244 e. The summed E-state index contributed by atoms with van der Waals surface area (Å²) in [5, 5.41) is 2.87. The number of anilines is 1. The number of ether oxygens (including phenoxy) is 2. The SMILES string of the molecule is CCCCNC(=O)C(C)N(Cc1ccc(Br)cc1)C(=O)CN(c1ccc2c(c1)OCO2)S(=O)(=O)CC. The monoisotopic (exact) mass is 581 g/mol. The van der Waals surface area contributed by atoms with E-state index in [2.05, 4.69) is 21.2 Å². The maximum atomic E-state index is 13.6. The Balaban J connectivity index is 1.90. The normalized spacial score (nSPS) is 13.2. The first-order valence-electron chi connectivity index (χ1n) is 11.9. The average molecular weight is 583 g/mol. The smallest absolute Gasteiger partial charge is 0.244 e. The van der Waals surface area contributed by atoms with Crippen molar-refractivity contribution in [2.75, 3.05) is 29.9 Å². The molecule has 3 rings (SSSR count). The van der Waals surface area contributed by atoms with E-state index in [4.69, 9.17) is 9.47 Å². The molecule has 1 unspecified atom stereocenters. The quantitative estimate of drug-likeness (QED) is 0.383. The van der Waals surface area contributed by atoms with Crippen molar-refractivity contribution in [1.29, 1.82) is 0 Å². The number of nitrogens with zero attached hydrogens (tertiary/aromatic N) is 2. The number of halogens is 1. The van der Waals surface area contributed by atoms with Gasteiger partial charge in [-0.05, 0) is 50.1 Å². The highest BCUT2D eigenvalue weighted by molar-refractivity contribution is 9.10. The van der Waals surface area contributed by atoms with Crippen LogP contribution in [0.25, 0.3) is 0 Å². The molecule has 0 radical (unpaired) electrons. The Morgan fingerprint density at radius 2 is 1.78 bits per heavy atom. The minimum atomic E-state index is -3.82. The maximum absolute atomic E-state index is 13.6. The van der Waals surface area contributed by atoms with Crippen LogP contribution in [0.2, 0.25) is 0 Å². The molecule has 1 aliphatic heterocycles. The van der Waals surface area contributed by atoms with Crippen molar-refractivity contribution in [1.82, 2.24) is 10.2 Å². The molecule has 0 aliphatic carbocycles. The molecule has 0 aromatic heterocycles. The van der Waals surface area contributed by atoms with Crippen molar-refractivity contribution in [2.24, 2.45) is 0 Å². The summed E-state index contributed by atoms with van der Waals surface area (Å²) in [5.41, 5.74) is 1.10. The number of sulfonamides is 1. The van der Waals surface area contributed by atoms with E-state index in [1.54, 1.807) is 25.1 Å². The predicted octanol–water partition coefficient (Wildman–Crippen LogP) is 3.67. The number of hydrogen-bond donors (Lipinski definition) is 1. The van der Waals surface area contributed by atoms with Gasteiger partial charge in [0, 0.05) is 23.6 Å². The van der Waals surface area contributed by atoms with Crippen LogP contribution in [-0.2, 0) is 26.2 Å². The molecule has 0 fully saturated rings. The lowest BCUT2D eigenvalue weighted by atomic mass is 10.1. The van der Waals surface area contributed by atoms with E-state index >= 15 is 0 Å². The summed E-state index contributed by atoms with van der Waals surface area (Å²) in [6.07, 6.45) is 1.75. The fourth-order valence-corrected chi connectivity index (χ4v) is 4.98. The first-order valence-corrected chi connectivity index (χ1v) is 14.3. The third-order valence-electron chi connectivity index (χ3n) is 5.89. The molecule has 1 atom stereocenters. The molecule has 0 saturated carbocycles. The lowest BCUT2D eigenvalue weighted by Gasteiger charge is -2.32. The topological polar surface area (TPSA) is 105 Å². The predicted molar refractivity (Wildman–Crippen MR) is 141 cm³/mol. The molecule has 11 heteroatoms. The lowest BCUT2D eigenvalue weighted by molar-refractivity contribution is -0.139. The van der Waals surface area contributed by atoms with Gasteiger partial charge >= 0.3 is 0 Å². The van der Waals surface area contributed by atoms with Gasteiger partial charge in [-0.25, -0.2) is 8.42 Å². The van der Waals surface area contributed by atoms with E-state index < -0.39 is 28.5 Å². The molecule has 196 valence electrons. The molecule has 2 amide bonds. The Bertz CT molecular complexity index is 1170. The van der Waals surface area contributed by atoms with Crippen LogP contribution in [0.3, 0.4) is 0 Å². The van der Waals surface area contributed by atoms with Gasteiger partial charge in [0.25, 0.3) is 0 Å². The van der Waals surface area contributed by atoms with Crippen LogP contribution in [0, 0.1) is 0 Å².